The zero-order valence-electron chi connectivity index (χ0n) is 67.1. The molecule has 32 heteroatoms. The first kappa shape index (κ1) is 97.5. The van der Waals surface area contributed by atoms with Crippen LogP contribution in [0.4, 0.5) is 0 Å². The molecule has 4 aromatic carbocycles. The van der Waals surface area contributed by atoms with Crippen molar-refractivity contribution in [3.8, 4) is 46.0 Å². The third kappa shape index (κ3) is 29.8. The lowest BCUT2D eigenvalue weighted by molar-refractivity contribution is -0.146. The molecule has 624 valence electrons. The molecule has 1 aliphatic carbocycles. The number of hydrogen-bond acceptors (Lipinski definition) is 24. The first-order valence-corrected chi connectivity index (χ1v) is 42.6. The van der Waals surface area contributed by atoms with Crippen LogP contribution in [0.5, 0.6) is 46.0 Å². The summed E-state index contributed by atoms with van der Waals surface area (Å²) in [6.45, 7) is 31.2. The van der Waals surface area contributed by atoms with Gasteiger partial charge in [0.25, 0.3) is 0 Å². The summed E-state index contributed by atoms with van der Waals surface area (Å²) in [5.41, 5.74) is 4.19. The van der Waals surface area contributed by atoms with Crippen molar-refractivity contribution in [2.24, 2.45) is 0 Å². The molecule has 5 rings (SSSR count). The normalized spacial score (nSPS) is 15.5. The van der Waals surface area contributed by atoms with E-state index in [1.54, 1.807) is 135 Å². The van der Waals surface area contributed by atoms with E-state index >= 15 is 0 Å². The van der Waals surface area contributed by atoms with Crippen LogP contribution in [0.25, 0.3) is 0 Å². The molecule has 0 aromatic heterocycles. The van der Waals surface area contributed by atoms with Crippen molar-refractivity contribution in [2.75, 3.05) is 106 Å². The predicted octanol–water partition coefficient (Wildman–Crippen LogP) is 17.4. The average molecular weight is 2090 g/mol. The first-order chi connectivity index (χ1) is 51.6. The maximum Gasteiger partial charge on any atom is 0.322 e. The summed E-state index contributed by atoms with van der Waals surface area (Å²) in [6.07, 6.45) is 0. The number of ether oxygens (including phenoxy) is 16. The van der Waals surface area contributed by atoms with Gasteiger partial charge in [-0.3, -0.25) is 38.4 Å². The van der Waals surface area contributed by atoms with E-state index in [1.165, 1.54) is 0 Å². The fourth-order valence-corrected chi connectivity index (χ4v) is 11.3. The summed E-state index contributed by atoms with van der Waals surface area (Å²) >= 11 is 27.2. The van der Waals surface area contributed by atoms with E-state index in [-0.39, 0.29) is 152 Å². The Hall–Kier alpha value is -5.12. The van der Waals surface area contributed by atoms with Gasteiger partial charge in [0.15, 0.2) is 0 Å². The lowest BCUT2D eigenvalue weighted by atomic mass is 9.80. The molecule has 24 nitrogen and oxygen atoms in total. The zero-order valence-corrected chi connectivity index (χ0v) is 79.8. The van der Waals surface area contributed by atoms with E-state index in [1.807, 2.05) is 52.0 Å². The van der Waals surface area contributed by atoms with E-state index in [0.717, 1.165) is 0 Å². The third-order valence-corrected chi connectivity index (χ3v) is 19.4. The molecule has 112 heavy (non-hydrogen) atoms. The highest BCUT2D eigenvalue weighted by Crippen LogP contribution is 2.51. The fraction of sp³-hybridized carbons (Fsp3) is 0.600. The van der Waals surface area contributed by atoms with Crippen molar-refractivity contribution in [1.82, 2.24) is 0 Å². The minimum Gasteiger partial charge on any atom is -0.490 e. The Labute approximate surface area is 724 Å². The molecule has 1 aliphatic rings. The van der Waals surface area contributed by atoms with Gasteiger partial charge >= 0.3 is 47.8 Å². The van der Waals surface area contributed by atoms with E-state index in [2.05, 4.69) is 127 Å². The summed E-state index contributed by atoms with van der Waals surface area (Å²) in [5.74, 6) is -5.54. The number of rotatable bonds is 40. The third-order valence-electron chi connectivity index (χ3n) is 16.8. The molecule has 0 aliphatic heterocycles. The van der Waals surface area contributed by atoms with Gasteiger partial charge in [-0.25, -0.2) is 0 Å². The van der Waals surface area contributed by atoms with Gasteiger partial charge in [-0.1, -0.05) is 155 Å². The fourth-order valence-electron chi connectivity index (χ4n) is 10.4. The molecular weight excluding hydrogens is 1980 g/mol. The Balaban J connectivity index is 2.08. The largest absolute Gasteiger partial charge is 0.490 e. The molecule has 0 fully saturated rings. The zero-order chi connectivity index (χ0) is 84.5. The molecular formula is C80H104Br8O24. The van der Waals surface area contributed by atoms with Crippen LogP contribution >= 0.6 is 127 Å². The summed E-state index contributed by atoms with van der Waals surface area (Å²) in [5, 5.41) is 0. The highest BCUT2D eigenvalue weighted by atomic mass is 79.9. The van der Waals surface area contributed by atoms with Crippen LogP contribution in [0.1, 0.15) is 207 Å². The van der Waals surface area contributed by atoms with Gasteiger partial charge in [0.1, 0.15) is 186 Å². The smallest absolute Gasteiger partial charge is 0.322 e. The monoisotopic (exact) mass is 2080 g/mol. The number of hydrogen-bond donors (Lipinski definition) is 0. The van der Waals surface area contributed by atoms with Crippen LogP contribution < -0.4 is 37.9 Å². The Morgan fingerprint density at radius 1 is 0.205 bits per heavy atom. The van der Waals surface area contributed by atoms with E-state index in [9.17, 15) is 38.4 Å². The van der Waals surface area contributed by atoms with Crippen LogP contribution in [0.15, 0.2) is 48.5 Å². The Kier molecular flexibility index (Phi) is 36.4. The van der Waals surface area contributed by atoms with Crippen molar-refractivity contribution in [3.63, 3.8) is 0 Å². The van der Waals surface area contributed by atoms with Crippen molar-refractivity contribution in [2.45, 2.75) is 197 Å². The Bertz CT molecular complexity index is 3210. The molecule has 0 saturated heterocycles. The highest BCUT2D eigenvalue weighted by Gasteiger charge is 2.37. The Morgan fingerprint density at radius 3 is 0.393 bits per heavy atom. The number of carbonyl (C=O) groups excluding carboxylic acids is 8. The molecule has 8 bridgehead atoms. The molecule has 4 aromatic rings. The van der Waals surface area contributed by atoms with Gasteiger partial charge in [-0.05, 0) is 135 Å². The van der Waals surface area contributed by atoms with Gasteiger partial charge in [-0.2, -0.15) is 0 Å². The lowest BCUT2D eigenvalue weighted by Crippen LogP contribution is -2.28. The van der Waals surface area contributed by atoms with Gasteiger partial charge in [0, 0.05) is 92.4 Å². The van der Waals surface area contributed by atoms with Crippen molar-refractivity contribution in [3.05, 3.63) is 93.0 Å². The van der Waals surface area contributed by atoms with Crippen molar-refractivity contribution < 1.29 is 114 Å². The maximum absolute atomic E-state index is 13.3. The van der Waals surface area contributed by atoms with Gasteiger partial charge in [0.05, 0.1) is 0 Å². The second-order valence-corrected chi connectivity index (χ2v) is 46.1. The molecule has 0 atom stereocenters. The molecule has 0 heterocycles. The van der Waals surface area contributed by atoms with Crippen LogP contribution in [0, 0.1) is 0 Å². The van der Waals surface area contributed by atoms with E-state index in [4.69, 9.17) is 75.8 Å². The number of benzene rings is 4. The first-order valence-electron chi connectivity index (χ1n) is 36.3. The summed E-state index contributed by atoms with van der Waals surface area (Å²) in [6, 6.07) is 14.5. The van der Waals surface area contributed by atoms with Crippen LogP contribution in [0.3, 0.4) is 0 Å². The number of esters is 8. The summed E-state index contributed by atoms with van der Waals surface area (Å²) in [4.78, 5) is 106. The Morgan fingerprint density at radius 2 is 0.304 bits per heavy atom. The van der Waals surface area contributed by atoms with Crippen LogP contribution in [0.2, 0.25) is 0 Å². The second-order valence-electron chi connectivity index (χ2n) is 30.3. The average Bonchev–Trinajstić information content (AvgIpc) is 0.750. The molecule has 0 N–H and O–H groups in total. The molecule has 0 spiro atoms. The number of halogens is 8. The second kappa shape index (κ2) is 41.8. The molecule has 0 radical (unpaired) electrons. The van der Waals surface area contributed by atoms with Gasteiger partial charge in [-0.15, -0.1) is 0 Å². The minimum absolute atomic E-state index is 0.173. The van der Waals surface area contributed by atoms with Gasteiger partial charge < -0.3 is 75.8 Å². The maximum atomic E-state index is 13.3. The SMILES string of the molecule is CC1c2cc(c(OCCOC(=O)C(C)(C)Br)cc2OCCOC(=O)C(C)(C)Br)C(C)c2cc(c(OCCOC(=O)C(C)(C)Br)cc2OCCOC(=O)C(C)(C)Br)C(C)c2cc(c(OCCOC(=O)C(C)(C)Br)cc2OCCOC(=O)C(C)(C)Br)C(C)c2cc1c(OCCOC(=O)C(C)(C)Br)cc2OCCOC(=O)C(C)(C)Br. The summed E-state index contributed by atoms with van der Waals surface area (Å²) < 4.78 is 91.7. The molecule has 0 saturated carbocycles. The van der Waals surface area contributed by atoms with E-state index < -0.39 is 106 Å². The van der Waals surface area contributed by atoms with E-state index in [0.29, 0.717) is 44.5 Å². The predicted molar refractivity (Wildman–Crippen MR) is 452 cm³/mol. The highest BCUT2D eigenvalue weighted by molar-refractivity contribution is 9.11. The quantitative estimate of drug-likeness (QED) is 0.0173. The minimum atomic E-state index is -1.04. The molecule has 0 unspecified atom stereocenters. The topological polar surface area (TPSA) is 284 Å². The molecule has 0 amide bonds. The lowest BCUT2D eigenvalue weighted by Gasteiger charge is -2.30. The standard InChI is InChI=1S/C80H104Br8O24/c1-45-49-37-51(59(99-23-31-107-67(91)75(9,10)83)41-57(49)97-21-29-105-65(89)73(5,6)81)46(2)53-39-55(63(103-27-35-111-71(95)79(17,18)87)43-61(53)101-25-33-109-69(93)77(13,14)85)48(4)56-40-54(62(102-26-34-110-70(94)78(15,16)86)44-64(56)104-28-36-112-72(96)80(19,20)88)47(3)52-38-50(45)58(98-22-30-106-66(90)74(7,8)82)42-60(52)100-24-32-108-68(92)76(11,12)84/h37-48H,21-36H2,1-20H3. The van der Waals surface area contributed by atoms with Crippen molar-refractivity contribution >= 4 is 175 Å². The summed E-state index contributed by atoms with van der Waals surface area (Å²) in [7, 11) is 0. The van der Waals surface area contributed by atoms with Crippen LogP contribution in [-0.4, -0.2) is 188 Å². The number of fused-ring (bicyclic) bond motifs is 8. The van der Waals surface area contributed by atoms with Gasteiger partial charge in [0.2, 0.25) is 0 Å². The number of carbonyl (C=O) groups is 8. The van der Waals surface area contributed by atoms with Crippen molar-refractivity contribution in [1.29, 1.82) is 0 Å². The van der Waals surface area contributed by atoms with Crippen LogP contribution in [-0.2, 0) is 76.3 Å². The number of alkyl halides is 8.